The number of nitrogens with zero attached hydrogens (tertiary/aromatic N) is 3. The number of thiocarbonyl (C=S) groups is 1. The van der Waals surface area contributed by atoms with E-state index in [-0.39, 0.29) is 61.6 Å². The van der Waals surface area contributed by atoms with Crippen LogP contribution in [0.1, 0.15) is 25.7 Å². The van der Waals surface area contributed by atoms with Crippen LogP contribution in [0.15, 0.2) is 24.3 Å². The van der Waals surface area contributed by atoms with E-state index in [1.807, 2.05) is 12.1 Å². The van der Waals surface area contributed by atoms with Crippen molar-refractivity contribution in [1.82, 2.24) is 20.4 Å². The molecule has 1 saturated carbocycles. The second kappa shape index (κ2) is 11.4. The van der Waals surface area contributed by atoms with Crippen molar-refractivity contribution in [2.45, 2.75) is 43.9 Å². The topological polar surface area (TPSA) is 86.4 Å². The number of fused-ring (bicyclic) bond motifs is 2. The average Bonchev–Trinajstić information content (AvgIpc) is 3.34. The Kier molecular flexibility index (Phi) is 8.00. The molecule has 1 aromatic carbocycles. The van der Waals surface area contributed by atoms with Gasteiger partial charge in [-0.2, -0.15) is 0 Å². The molecule has 36 heavy (non-hydrogen) atoms. The van der Waals surface area contributed by atoms with Gasteiger partial charge >= 0.3 is 0 Å². The van der Waals surface area contributed by atoms with Crippen LogP contribution in [0, 0.1) is 11.7 Å². The van der Waals surface area contributed by atoms with Crippen LogP contribution in [-0.4, -0.2) is 97.6 Å². The van der Waals surface area contributed by atoms with Gasteiger partial charge in [-0.05, 0) is 50.2 Å². The smallest absolute Gasteiger partial charge is 0.234 e. The van der Waals surface area contributed by atoms with Crippen LogP contribution in [0.5, 0.6) is 0 Å². The van der Waals surface area contributed by atoms with Crippen molar-refractivity contribution in [3.8, 4) is 0 Å². The normalized spacial score (nSPS) is 28.5. The van der Waals surface area contributed by atoms with Crippen molar-refractivity contribution in [3.63, 3.8) is 0 Å². The number of anilines is 1. The van der Waals surface area contributed by atoms with Gasteiger partial charge in [0.25, 0.3) is 0 Å². The highest BCUT2D eigenvalue weighted by Gasteiger charge is 2.48. The molecule has 4 unspecified atom stereocenters. The van der Waals surface area contributed by atoms with Crippen LogP contribution < -0.4 is 15.5 Å². The Hall–Kier alpha value is -2.34. The number of carbonyl (C=O) groups is 2. The largest absolute Gasteiger partial charge is 0.367 e. The summed E-state index contributed by atoms with van der Waals surface area (Å²) in [6, 6.07) is 6.85. The Morgan fingerprint density at radius 1 is 1.11 bits per heavy atom. The third kappa shape index (κ3) is 5.64. The molecule has 0 spiro atoms. The van der Waals surface area contributed by atoms with Crippen LogP contribution in [0.4, 0.5) is 10.1 Å². The van der Waals surface area contributed by atoms with Crippen molar-refractivity contribution in [2.24, 2.45) is 5.92 Å². The number of para-hydroxylation sites is 1. The predicted molar refractivity (Wildman–Crippen MR) is 136 cm³/mol. The fourth-order valence-electron chi connectivity index (χ4n) is 5.63. The highest BCUT2D eigenvalue weighted by Crippen LogP contribution is 2.35. The minimum Gasteiger partial charge on any atom is -0.367 e. The molecule has 5 rings (SSSR count). The maximum atomic E-state index is 14.0. The highest BCUT2D eigenvalue weighted by molar-refractivity contribution is 7.80. The molecule has 9 nitrogen and oxygen atoms in total. The van der Waals surface area contributed by atoms with Gasteiger partial charge in [-0.15, -0.1) is 0 Å². The van der Waals surface area contributed by atoms with Gasteiger partial charge in [-0.25, -0.2) is 4.39 Å². The number of nitrogens with one attached hydrogen (secondary N) is 2. The van der Waals surface area contributed by atoms with Gasteiger partial charge < -0.3 is 25.0 Å². The molecular weight excluding hydrogens is 485 g/mol. The van der Waals surface area contributed by atoms with Crippen molar-refractivity contribution >= 4 is 34.8 Å². The van der Waals surface area contributed by atoms with Gasteiger partial charge in [-0.1, -0.05) is 12.1 Å². The van der Waals surface area contributed by atoms with Gasteiger partial charge in [0.15, 0.2) is 5.11 Å². The van der Waals surface area contributed by atoms with Crippen LogP contribution in [-0.2, 0) is 19.1 Å². The summed E-state index contributed by atoms with van der Waals surface area (Å²) in [5.74, 6) is -0.504. The molecule has 0 aromatic heterocycles. The van der Waals surface area contributed by atoms with Gasteiger partial charge in [0.1, 0.15) is 12.6 Å². The summed E-state index contributed by atoms with van der Waals surface area (Å²) in [5, 5.41) is 6.63. The zero-order chi connectivity index (χ0) is 25.1. The van der Waals surface area contributed by atoms with Crippen LogP contribution in [0.25, 0.3) is 0 Å². The number of halogens is 1. The molecule has 1 aliphatic carbocycles. The number of piperazine rings is 1. The number of hydrogen-bond acceptors (Lipinski definition) is 7. The average molecular weight is 520 g/mol. The Morgan fingerprint density at radius 3 is 2.64 bits per heavy atom. The molecule has 4 atom stereocenters. The summed E-state index contributed by atoms with van der Waals surface area (Å²) in [7, 11) is 0. The lowest BCUT2D eigenvalue weighted by atomic mass is 9.79. The maximum Gasteiger partial charge on any atom is 0.234 e. The van der Waals surface area contributed by atoms with E-state index in [1.54, 1.807) is 6.07 Å². The second-order valence-corrected chi connectivity index (χ2v) is 10.3. The highest BCUT2D eigenvalue weighted by atomic mass is 32.1. The SMILES string of the molecule is O=C(CCN1C(=O)C2CC3OCOC3CC2NC1=S)NCCCN1CCN(c2ccccc2F)CC1. The van der Waals surface area contributed by atoms with E-state index >= 15 is 0 Å². The standard InChI is InChI=1S/C25H34FN5O4S/c26-18-4-1-2-5-20(18)30-12-10-29(11-13-30)8-3-7-27-23(32)6-9-31-24(33)17-14-21-22(35-16-34-21)15-19(17)28-25(31)36/h1-2,4-5,17,19,21-22H,3,6-16H2,(H,27,32)(H,28,36). The minimum atomic E-state index is -0.207. The molecule has 11 heteroatoms. The molecule has 4 aliphatic rings. The molecule has 3 saturated heterocycles. The van der Waals surface area contributed by atoms with Crippen molar-refractivity contribution < 1.29 is 23.5 Å². The van der Waals surface area contributed by atoms with Gasteiger partial charge in [0.2, 0.25) is 11.8 Å². The molecule has 1 aromatic rings. The molecular formula is C25H34FN5O4S. The molecule has 0 radical (unpaired) electrons. The number of rotatable bonds is 8. The summed E-state index contributed by atoms with van der Waals surface area (Å²) >= 11 is 5.43. The number of hydrogen-bond donors (Lipinski definition) is 2. The van der Waals surface area contributed by atoms with Crippen molar-refractivity contribution in [2.75, 3.05) is 57.5 Å². The first kappa shape index (κ1) is 25.3. The fraction of sp³-hybridized carbons (Fsp3) is 0.640. The lowest BCUT2D eigenvalue weighted by molar-refractivity contribution is -0.137. The van der Waals surface area contributed by atoms with E-state index in [9.17, 15) is 14.0 Å². The molecule has 196 valence electrons. The third-order valence-corrected chi connectivity index (χ3v) is 8.01. The first-order valence-electron chi connectivity index (χ1n) is 12.8. The molecule has 3 aliphatic heterocycles. The van der Waals surface area contributed by atoms with E-state index in [1.165, 1.54) is 11.0 Å². The van der Waals surface area contributed by atoms with Crippen molar-refractivity contribution in [3.05, 3.63) is 30.1 Å². The monoisotopic (exact) mass is 519 g/mol. The number of benzene rings is 1. The van der Waals surface area contributed by atoms with Crippen LogP contribution in [0.2, 0.25) is 0 Å². The zero-order valence-electron chi connectivity index (χ0n) is 20.4. The first-order chi connectivity index (χ1) is 17.5. The van der Waals surface area contributed by atoms with Crippen LogP contribution >= 0.6 is 12.2 Å². The minimum absolute atomic E-state index is 0.0161. The Bertz CT molecular complexity index is 976. The number of carbonyl (C=O) groups excluding carboxylic acids is 2. The van der Waals surface area contributed by atoms with Crippen LogP contribution in [0.3, 0.4) is 0 Å². The molecule has 3 heterocycles. The first-order valence-corrected chi connectivity index (χ1v) is 13.2. The Morgan fingerprint density at radius 2 is 1.86 bits per heavy atom. The van der Waals surface area contributed by atoms with Crippen molar-refractivity contribution in [1.29, 1.82) is 0 Å². The van der Waals surface area contributed by atoms with Gasteiger partial charge in [0, 0.05) is 51.7 Å². The summed E-state index contributed by atoms with van der Waals surface area (Å²) < 4.78 is 25.2. The fourth-order valence-corrected chi connectivity index (χ4v) is 5.96. The summed E-state index contributed by atoms with van der Waals surface area (Å²) in [6.45, 7) is 5.30. The molecule has 2 N–H and O–H groups in total. The van der Waals surface area contributed by atoms with E-state index in [4.69, 9.17) is 21.7 Å². The molecule has 2 amide bonds. The molecule has 0 bridgehead atoms. The van der Waals surface area contributed by atoms with Gasteiger partial charge in [-0.3, -0.25) is 19.4 Å². The summed E-state index contributed by atoms with van der Waals surface area (Å²) in [6.07, 6.45) is 2.33. The van der Waals surface area contributed by atoms with Gasteiger partial charge in [0.05, 0.1) is 23.8 Å². The quantitative estimate of drug-likeness (QED) is 0.390. The number of ether oxygens (including phenoxy) is 2. The second-order valence-electron chi connectivity index (χ2n) is 9.89. The summed E-state index contributed by atoms with van der Waals surface area (Å²) in [4.78, 5) is 31.4. The third-order valence-electron chi connectivity index (χ3n) is 7.68. The summed E-state index contributed by atoms with van der Waals surface area (Å²) in [5.41, 5.74) is 0.662. The number of amides is 2. The lowest BCUT2D eigenvalue weighted by Crippen LogP contribution is -2.63. The van der Waals surface area contributed by atoms with E-state index in [0.717, 1.165) is 39.1 Å². The van der Waals surface area contributed by atoms with E-state index in [2.05, 4.69) is 20.4 Å². The molecule has 4 fully saturated rings. The lowest BCUT2D eigenvalue weighted by Gasteiger charge is -2.44. The predicted octanol–water partition coefficient (Wildman–Crippen LogP) is 1.08. The maximum absolute atomic E-state index is 14.0. The van der Waals surface area contributed by atoms with E-state index < -0.39 is 0 Å². The Labute approximate surface area is 216 Å². The zero-order valence-corrected chi connectivity index (χ0v) is 21.2. The Balaban J connectivity index is 0.985. The van der Waals surface area contributed by atoms with E-state index in [0.29, 0.717) is 30.2 Å².